The van der Waals surface area contributed by atoms with Crippen LogP contribution in [0.5, 0.6) is 0 Å². The highest BCUT2D eigenvalue weighted by atomic mass is 79.9. The first-order valence-corrected chi connectivity index (χ1v) is 7.33. The SMILES string of the molecule is C=C(/N=C(Br)\N=C(/C)c1ccccc1)C1C=CC=CC1. The van der Waals surface area contributed by atoms with Gasteiger partial charge in [0, 0.05) is 17.3 Å². The number of benzene rings is 1. The van der Waals surface area contributed by atoms with Gasteiger partial charge in [0.1, 0.15) is 0 Å². The minimum atomic E-state index is 0.264. The third-order valence-electron chi connectivity index (χ3n) is 3.10. The number of allylic oxidation sites excluding steroid dienone is 4. The molecule has 0 amide bonds. The minimum Gasteiger partial charge on any atom is -0.227 e. The van der Waals surface area contributed by atoms with E-state index in [4.69, 9.17) is 0 Å². The first-order chi connectivity index (χ1) is 9.66. The first-order valence-electron chi connectivity index (χ1n) is 6.54. The highest BCUT2D eigenvalue weighted by Crippen LogP contribution is 2.21. The molecule has 1 aliphatic rings. The van der Waals surface area contributed by atoms with E-state index in [0.29, 0.717) is 4.74 Å². The molecule has 102 valence electrons. The van der Waals surface area contributed by atoms with Crippen LogP contribution in [0, 0.1) is 5.92 Å². The molecule has 2 nitrogen and oxygen atoms in total. The molecule has 1 aromatic carbocycles. The Hall–Kier alpha value is -1.74. The van der Waals surface area contributed by atoms with E-state index in [1.54, 1.807) is 0 Å². The fraction of sp³-hybridized carbons (Fsp3) is 0.176. The Morgan fingerprint density at radius 3 is 2.60 bits per heavy atom. The van der Waals surface area contributed by atoms with Crippen molar-refractivity contribution in [3.8, 4) is 0 Å². The van der Waals surface area contributed by atoms with Crippen molar-refractivity contribution in [2.45, 2.75) is 13.3 Å². The third kappa shape index (κ3) is 4.14. The summed E-state index contributed by atoms with van der Waals surface area (Å²) in [4.78, 5) is 8.89. The zero-order valence-corrected chi connectivity index (χ0v) is 13.0. The van der Waals surface area contributed by atoms with Gasteiger partial charge in [0.05, 0.1) is 0 Å². The van der Waals surface area contributed by atoms with Gasteiger partial charge in [-0.05, 0) is 34.8 Å². The fourth-order valence-electron chi connectivity index (χ4n) is 1.94. The van der Waals surface area contributed by atoms with Gasteiger partial charge in [-0.1, -0.05) is 61.2 Å². The number of amidine groups is 1. The smallest absolute Gasteiger partial charge is 0.197 e. The highest BCUT2D eigenvalue weighted by Gasteiger charge is 2.09. The van der Waals surface area contributed by atoms with E-state index in [2.05, 4.69) is 44.6 Å². The third-order valence-corrected chi connectivity index (χ3v) is 3.45. The van der Waals surface area contributed by atoms with Gasteiger partial charge in [-0.15, -0.1) is 0 Å². The zero-order valence-electron chi connectivity index (χ0n) is 11.5. The monoisotopic (exact) mass is 328 g/mol. The molecule has 0 aromatic heterocycles. The van der Waals surface area contributed by atoms with Crippen molar-refractivity contribution in [2.24, 2.45) is 15.9 Å². The summed E-state index contributed by atoms with van der Waals surface area (Å²) in [7, 11) is 0. The largest absolute Gasteiger partial charge is 0.227 e. The van der Waals surface area contributed by atoms with Crippen molar-refractivity contribution in [2.75, 3.05) is 0 Å². The summed E-state index contributed by atoms with van der Waals surface area (Å²) in [6.07, 6.45) is 9.25. The Bertz CT molecular complexity index is 595. The van der Waals surface area contributed by atoms with Gasteiger partial charge in [0.2, 0.25) is 0 Å². The van der Waals surface area contributed by atoms with E-state index in [-0.39, 0.29) is 5.92 Å². The van der Waals surface area contributed by atoms with Crippen LogP contribution < -0.4 is 0 Å². The van der Waals surface area contributed by atoms with Crippen LogP contribution in [0.15, 0.2) is 76.9 Å². The lowest BCUT2D eigenvalue weighted by atomic mass is 9.98. The second-order valence-electron chi connectivity index (χ2n) is 4.59. The molecule has 20 heavy (non-hydrogen) atoms. The second kappa shape index (κ2) is 7.15. The van der Waals surface area contributed by atoms with E-state index in [1.807, 2.05) is 49.4 Å². The lowest BCUT2D eigenvalue weighted by Gasteiger charge is -2.12. The van der Waals surface area contributed by atoms with Crippen molar-refractivity contribution in [3.63, 3.8) is 0 Å². The van der Waals surface area contributed by atoms with Gasteiger partial charge in [0.15, 0.2) is 4.74 Å². The average Bonchev–Trinajstić information content (AvgIpc) is 2.49. The van der Waals surface area contributed by atoms with Crippen molar-refractivity contribution >= 4 is 26.4 Å². The van der Waals surface area contributed by atoms with E-state index >= 15 is 0 Å². The molecule has 1 atom stereocenters. The second-order valence-corrected chi connectivity index (χ2v) is 5.30. The summed E-state index contributed by atoms with van der Waals surface area (Å²) < 4.78 is 0.562. The van der Waals surface area contributed by atoms with Gasteiger partial charge in [-0.3, -0.25) is 0 Å². The highest BCUT2D eigenvalue weighted by molar-refractivity contribution is 9.18. The van der Waals surface area contributed by atoms with Crippen molar-refractivity contribution in [3.05, 3.63) is 72.5 Å². The summed E-state index contributed by atoms with van der Waals surface area (Å²) in [5.41, 5.74) is 2.83. The molecule has 0 aliphatic heterocycles. The Labute approximate surface area is 128 Å². The molecule has 0 N–H and O–H groups in total. The molecule has 1 aliphatic carbocycles. The molecule has 0 heterocycles. The summed E-state index contributed by atoms with van der Waals surface area (Å²) in [6.45, 7) is 6.00. The molecular formula is C17H17BrN2. The Morgan fingerprint density at radius 1 is 1.20 bits per heavy atom. The molecule has 3 heteroatoms. The Morgan fingerprint density at radius 2 is 1.95 bits per heavy atom. The number of hydrogen-bond acceptors (Lipinski definition) is 1. The van der Waals surface area contributed by atoms with Gasteiger partial charge < -0.3 is 0 Å². The maximum Gasteiger partial charge on any atom is 0.197 e. The van der Waals surface area contributed by atoms with Crippen LogP contribution in [0.25, 0.3) is 0 Å². The van der Waals surface area contributed by atoms with Crippen molar-refractivity contribution in [1.29, 1.82) is 0 Å². The van der Waals surface area contributed by atoms with Crippen LogP contribution in [0.2, 0.25) is 0 Å². The number of aliphatic imine (C=N–C) groups is 2. The maximum absolute atomic E-state index is 4.46. The van der Waals surface area contributed by atoms with Crippen molar-refractivity contribution < 1.29 is 0 Å². The van der Waals surface area contributed by atoms with Crippen LogP contribution in [0.1, 0.15) is 18.9 Å². The lowest BCUT2D eigenvalue weighted by Crippen LogP contribution is -2.01. The van der Waals surface area contributed by atoms with E-state index < -0.39 is 0 Å². The number of halogens is 1. The summed E-state index contributed by atoms with van der Waals surface area (Å²) in [5.74, 6) is 0.264. The Balaban J connectivity index is 2.09. The molecule has 0 spiro atoms. The average molecular weight is 329 g/mol. The standard InChI is InChI=1S/C17H17BrN2/c1-13(15-9-5-3-6-10-15)19-17(18)20-14(2)16-11-7-4-8-12-16/h3-9,11-12,15H,1,10H2,2H3/b19-17-,20-14+. The summed E-state index contributed by atoms with van der Waals surface area (Å²) >= 11 is 3.40. The molecule has 1 aromatic rings. The van der Waals surface area contributed by atoms with Gasteiger partial charge in [-0.2, -0.15) is 0 Å². The van der Waals surface area contributed by atoms with E-state index in [1.165, 1.54) is 0 Å². The quantitative estimate of drug-likeness (QED) is 0.428. The van der Waals surface area contributed by atoms with Gasteiger partial charge in [0.25, 0.3) is 0 Å². The molecule has 0 bridgehead atoms. The summed E-state index contributed by atoms with van der Waals surface area (Å²) in [5, 5.41) is 0. The summed E-state index contributed by atoms with van der Waals surface area (Å²) in [6, 6.07) is 10.0. The number of nitrogens with zero attached hydrogens (tertiary/aromatic N) is 2. The predicted octanol–water partition coefficient (Wildman–Crippen LogP) is 4.89. The maximum atomic E-state index is 4.46. The van der Waals surface area contributed by atoms with E-state index in [0.717, 1.165) is 23.4 Å². The topological polar surface area (TPSA) is 24.7 Å². The molecule has 0 radical (unpaired) electrons. The number of rotatable bonds is 3. The number of hydrogen-bond donors (Lipinski definition) is 0. The van der Waals surface area contributed by atoms with Crippen LogP contribution in [0.3, 0.4) is 0 Å². The predicted molar refractivity (Wildman–Crippen MR) is 90.5 cm³/mol. The zero-order chi connectivity index (χ0) is 14.4. The van der Waals surface area contributed by atoms with Gasteiger partial charge >= 0.3 is 0 Å². The molecule has 0 saturated heterocycles. The van der Waals surface area contributed by atoms with Gasteiger partial charge in [-0.25, -0.2) is 9.98 Å². The normalized spacial score (nSPS) is 19.2. The lowest BCUT2D eigenvalue weighted by molar-refractivity contribution is 0.761. The van der Waals surface area contributed by atoms with Crippen LogP contribution in [-0.2, 0) is 0 Å². The molecule has 0 saturated carbocycles. The van der Waals surface area contributed by atoms with Crippen LogP contribution in [0.4, 0.5) is 0 Å². The molecule has 0 fully saturated rings. The molecule has 2 rings (SSSR count). The first kappa shape index (κ1) is 14.7. The minimum absolute atomic E-state index is 0.264. The molecular weight excluding hydrogens is 312 g/mol. The van der Waals surface area contributed by atoms with Crippen molar-refractivity contribution in [1.82, 2.24) is 0 Å². The van der Waals surface area contributed by atoms with Crippen LogP contribution >= 0.6 is 15.9 Å². The van der Waals surface area contributed by atoms with E-state index in [9.17, 15) is 0 Å². The Kier molecular flexibility index (Phi) is 5.24. The fourth-order valence-corrected chi connectivity index (χ4v) is 2.43. The van der Waals surface area contributed by atoms with Crippen LogP contribution in [-0.4, -0.2) is 10.5 Å². The molecule has 1 unspecified atom stereocenters.